The lowest BCUT2D eigenvalue weighted by atomic mass is 10.1. The predicted molar refractivity (Wildman–Crippen MR) is 79.7 cm³/mol. The van der Waals surface area contributed by atoms with Crippen LogP contribution < -0.4 is 10.1 Å². The minimum absolute atomic E-state index is 0.321. The summed E-state index contributed by atoms with van der Waals surface area (Å²) in [6.45, 7) is 11.4. The highest BCUT2D eigenvalue weighted by atomic mass is 16.5. The summed E-state index contributed by atoms with van der Waals surface area (Å²) in [6.07, 6.45) is -0.484. The van der Waals surface area contributed by atoms with Crippen LogP contribution in [0.1, 0.15) is 31.9 Å². The molecule has 0 fully saturated rings. The van der Waals surface area contributed by atoms with Gasteiger partial charge in [0, 0.05) is 12.6 Å². The maximum Gasteiger partial charge on any atom is 0.122 e. The molecule has 1 rings (SSSR count). The zero-order chi connectivity index (χ0) is 14.4. The van der Waals surface area contributed by atoms with Crippen molar-refractivity contribution in [1.82, 2.24) is 5.32 Å². The highest BCUT2D eigenvalue weighted by Crippen LogP contribution is 2.18. The summed E-state index contributed by atoms with van der Waals surface area (Å²) >= 11 is 0. The minimum Gasteiger partial charge on any atom is -0.491 e. The fraction of sp³-hybridized carbons (Fsp3) is 0.625. The van der Waals surface area contributed by atoms with Gasteiger partial charge in [0.1, 0.15) is 18.5 Å². The zero-order valence-corrected chi connectivity index (χ0v) is 12.7. The van der Waals surface area contributed by atoms with Gasteiger partial charge in [-0.15, -0.1) is 0 Å². The van der Waals surface area contributed by atoms with Crippen molar-refractivity contribution in [1.29, 1.82) is 0 Å². The van der Waals surface area contributed by atoms with Crippen molar-refractivity contribution >= 4 is 0 Å². The number of aryl methyl sites for hydroxylation is 2. The van der Waals surface area contributed by atoms with E-state index in [4.69, 9.17) is 4.74 Å². The van der Waals surface area contributed by atoms with Gasteiger partial charge >= 0.3 is 0 Å². The molecule has 0 spiro atoms. The van der Waals surface area contributed by atoms with Crippen LogP contribution in [0.15, 0.2) is 18.2 Å². The third-order valence-electron chi connectivity index (χ3n) is 3.44. The van der Waals surface area contributed by atoms with E-state index in [0.717, 1.165) is 11.3 Å². The first-order valence-corrected chi connectivity index (χ1v) is 7.01. The second kappa shape index (κ2) is 7.51. The maximum absolute atomic E-state index is 9.90. The fourth-order valence-electron chi connectivity index (χ4n) is 1.76. The van der Waals surface area contributed by atoms with Crippen molar-refractivity contribution in [3.63, 3.8) is 0 Å². The Labute approximate surface area is 117 Å². The molecule has 0 unspecified atom stereocenters. The standard InChI is InChI=1S/C16H27NO2/c1-11(2)14(5)17-9-15(18)10-19-16-7-6-12(3)8-13(16)4/h6-8,11,14-15,17-18H,9-10H2,1-5H3/t14-,15-/m1/s1. The van der Waals surface area contributed by atoms with Crippen LogP contribution in [0.5, 0.6) is 5.75 Å². The first-order chi connectivity index (χ1) is 8.90. The van der Waals surface area contributed by atoms with Gasteiger partial charge in [0.2, 0.25) is 0 Å². The molecule has 0 bridgehead atoms. The molecule has 0 heterocycles. The van der Waals surface area contributed by atoms with E-state index in [0.29, 0.717) is 25.1 Å². The number of hydrogen-bond donors (Lipinski definition) is 2. The lowest BCUT2D eigenvalue weighted by Crippen LogP contribution is -2.39. The molecule has 108 valence electrons. The van der Waals surface area contributed by atoms with E-state index >= 15 is 0 Å². The van der Waals surface area contributed by atoms with Gasteiger partial charge in [-0.1, -0.05) is 31.5 Å². The first-order valence-electron chi connectivity index (χ1n) is 7.01. The van der Waals surface area contributed by atoms with Gasteiger partial charge in [-0.05, 0) is 38.3 Å². The van der Waals surface area contributed by atoms with Gasteiger partial charge in [0.15, 0.2) is 0 Å². The average molecular weight is 265 g/mol. The van der Waals surface area contributed by atoms with Gasteiger partial charge in [-0.2, -0.15) is 0 Å². The molecule has 19 heavy (non-hydrogen) atoms. The maximum atomic E-state index is 9.90. The zero-order valence-electron chi connectivity index (χ0n) is 12.7. The number of aliphatic hydroxyl groups excluding tert-OH is 1. The van der Waals surface area contributed by atoms with Crippen LogP contribution in [-0.4, -0.2) is 30.4 Å². The quantitative estimate of drug-likeness (QED) is 0.796. The average Bonchev–Trinajstić information content (AvgIpc) is 2.34. The lowest BCUT2D eigenvalue weighted by molar-refractivity contribution is 0.102. The third-order valence-corrected chi connectivity index (χ3v) is 3.44. The normalized spacial score (nSPS) is 14.5. The first kappa shape index (κ1) is 16.0. The van der Waals surface area contributed by atoms with E-state index in [1.54, 1.807) is 0 Å². The Morgan fingerprint density at radius 1 is 1.21 bits per heavy atom. The van der Waals surface area contributed by atoms with Gasteiger partial charge in [-0.3, -0.25) is 0 Å². The monoisotopic (exact) mass is 265 g/mol. The summed E-state index contributed by atoms with van der Waals surface area (Å²) in [7, 11) is 0. The lowest BCUT2D eigenvalue weighted by Gasteiger charge is -2.20. The molecule has 0 aliphatic heterocycles. The van der Waals surface area contributed by atoms with Crippen LogP contribution in [0.4, 0.5) is 0 Å². The van der Waals surface area contributed by atoms with E-state index in [1.165, 1.54) is 5.56 Å². The molecular weight excluding hydrogens is 238 g/mol. The molecule has 0 aromatic heterocycles. The molecule has 1 aromatic rings. The Hall–Kier alpha value is -1.06. The molecule has 0 saturated carbocycles. The molecule has 2 atom stereocenters. The molecule has 0 aliphatic rings. The summed E-state index contributed by atoms with van der Waals surface area (Å²) in [5, 5.41) is 13.2. The second-order valence-corrected chi connectivity index (χ2v) is 5.67. The molecule has 0 amide bonds. The van der Waals surface area contributed by atoms with Crippen molar-refractivity contribution in [2.75, 3.05) is 13.2 Å². The van der Waals surface area contributed by atoms with Gasteiger partial charge in [-0.25, -0.2) is 0 Å². The van der Waals surface area contributed by atoms with Gasteiger partial charge in [0.25, 0.3) is 0 Å². The number of aliphatic hydroxyl groups is 1. The highest BCUT2D eigenvalue weighted by molar-refractivity contribution is 5.35. The fourth-order valence-corrected chi connectivity index (χ4v) is 1.76. The van der Waals surface area contributed by atoms with Gasteiger partial charge < -0.3 is 15.2 Å². The van der Waals surface area contributed by atoms with Crippen molar-refractivity contribution in [3.8, 4) is 5.75 Å². The van der Waals surface area contributed by atoms with Gasteiger partial charge in [0.05, 0.1) is 0 Å². The molecule has 0 saturated heterocycles. The summed E-state index contributed by atoms with van der Waals surface area (Å²) in [4.78, 5) is 0. The van der Waals surface area contributed by atoms with E-state index in [-0.39, 0.29) is 0 Å². The highest BCUT2D eigenvalue weighted by Gasteiger charge is 2.10. The SMILES string of the molecule is Cc1ccc(OC[C@H](O)CN[C@H](C)C(C)C)c(C)c1. The van der Waals surface area contributed by atoms with Crippen LogP contribution in [0.2, 0.25) is 0 Å². The Morgan fingerprint density at radius 3 is 2.47 bits per heavy atom. The largest absolute Gasteiger partial charge is 0.491 e. The number of ether oxygens (including phenoxy) is 1. The van der Waals surface area contributed by atoms with E-state index in [2.05, 4.69) is 39.1 Å². The van der Waals surface area contributed by atoms with Crippen LogP contribution in [0, 0.1) is 19.8 Å². The molecular formula is C16H27NO2. The summed E-state index contributed by atoms with van der Waals surface area (Å²) < 4.78 is 5.66. The Bertz CT molecular complexity index is 390. The van der Waals surface area contributed by atoms with E-state index in [9.17, 15) is 5.11 Å². The van der Waals surface area contributed by atoms with Crippen molar-refractivity contribution in [3.05, 3.63) is 29.3 Å². The Morgan fingerprint density at radius 2 is 1.89 bits per heavy atom. The van der Waals surface area contributed by atoms with Crippen molar-refractivity contribution in [2.24, 2.45) is 5.92 Å². The smallest absolute Gasteiger partial charge is 0.122 e. The molecule has 3 heteroatoms. The van der Waals surface area contributed by atoms with Crippen molar-refractivity contribution < 1.29 is 9.84 Å². The predicted octanol–water partition coefficient (Wildman–Crippen LogP) is 2.68. The topological polar surface area (TPSA) is 41.5 Å². The minimum atomic E-state index is -0.484. The molecule has 3 nitrogen and oxygen atoms in total. The summed E-state index contributed by atoms with van der Waals surface area (Å²) in [6, 6.07) is 6.46. The Balaban J connectivity index is 2.35. The molecule has 0 radical (unpaired) electrons. The number of hydrogen-bond acceptors (Lipinski definition) is 3. The Kier molecular flexibility index (Phi) is 6.32. The summed E-state index contributed by atoms with van der Waals surface area (Å²) in [5.41, 5.74) is 2.33. The molecule has 2 N–H and O–H groups in total. The summed E-state index contributed by atoms with van der Waals surface area (Å²) in [5.74, 6) is 1.41. The number of rotatable bonds is 7. The van der Waals surface area contributed by atoms with Crippen LogP contribution in [0.3, 0.4) is 0 Å². The van der Waals surface area contributed by atoms with Crippen LogP contribution in [0.25, 0.3) is 0 Å². The van der Waals surface area contributed by atoms with Crippen LogP contribution in [-0.2, 0) is 0 Å². The van der Waals surface area contributed by atoms with Crippen molar-refractivity contribution in [2.45, 2.75) is 46.8 Å². The third kappa shape index (κ3) is 5.62. The molecule has 1 aromatic carbocycles. The number of nitrogens with one attached hydrogen (secondary N) is 1. The molecule has 0 aliphatic carbocycles. The van der Waals surface area contributed by atoms with E-state index < -0.39 is 6.10 Å². The second-order valence-electron chi connectivity index (χ2n) is 5.67. The van der Waals surface area contributed by atoms with Crippen LogP contribution >= 0.6 is 0 Å². The number of benzene rings is 1. The van der Waals surface area contributed by atoms with E-state index in [1.807, 2.05) is 19.1 Å².